The molecule has 0 radical (unpaired) electrons. The van der Waals surface area contributed by atoms with Crippen LogP contribution in [0.3, 0.4) is 0 Å². The first-order valence-electron chi connectivity index (χ1n) is 10.6. The number of hydrogen-bond donors (Lipinski definition) is 1. The molecule has 0 saturated heterocycles. The zero-order valence-corrected chi connectivity index (χ0v) is 21.3. The molecule has 0 amide bonds. The Morgan fingerprint density at radius 2 is 1.76 bits per heavy atom. The number of Topliss-reactive ketones (excluding diaryl/α,β-unsaturated/α-hetero) is 1. The predicted molar refractivity (Wildman–Crippen MR) is 139 cm³/mol. The van der Waals surface area contributed by atoms with Crippen molar-refractivity contribution in [3.63, 3.8) is 0 Å². The number of para-hydroxylation sites is 1. The van der Waals surface area contributed by atoms with Crippen molar-refractivity contribution in [1.29, 1.82) is 5.41 Å². The number of hydrogen-bond acceptors (Lipinski definition) is 4. The fourth-order valence-corrected chi connectivity index (χ4v) is 5.16. The van der Waals surface area contributed by atoms with E-state index < -0.39 is 0 Å². The molecule has 0 bridgehead atoms. The lowest BCUT2D eigenvalue weighted by molar-refractivity contribution is 0.0971. The van der Waals surface area contributed by atoms with E-state index in [-0.39, 0.29) is 17.9 Å². The van der Waals surface area contributed by atoms with Crippen molar-refractivity contribution in [2.75, 3.05) is 13.6 Å². The second-order valence-corrected chi connectivity index (χ2v) is 10.3. The van der Waals surface area contributed by atoms with Gasteiger partial charge in [-0.15, -0.1) is 0 Å². The summed E-state index contributed by atoms with van der Waals surface area (Å²) >= 11 is 11.6. The molecule has 4 rings (SSSR count). The second kappa shape index (κ2) is 10.7. The summed E-state index contributed by atoms with van der Waals surface area (Å²) in [4.78, 5) is 14.1. The first-order valence-corrected chi connectivity index (χ1v) is 12.5. The fraction of sp³-hybridized carbons (Fsp3) is 0.200. The van der Waals surface area contributed by atoms with E-state index in [1.807, 2.05) is 53.1 Å². The molecule has 0 aliphatic heterocycles. The molecule has 0 aliphatic carbocycles. The Labute approximate surface area is 210 Å². The number of aromatic nitrogens is 2. The SMILES string of the molecule is CN(CCCn1c(=N)n(CC(=O)c2ccc(Br)cc2)c2cccc(Cl)c21)Sc1ccccc1. The topological polar surface area (TPSA) is 54.0 Å². The maximum absolute atomic E-state index is 12.9. The van der Waals surface area contributed by atoms with Gasteiger partial charge in [0.15, 0.2) is 5.78 Å². The third kappa shape index (κ3) is 5.61. The number of rotatable bonds is 9. The molecule has 1 aromatic heterocycles. The van der Waals surface area contributed by atoms with E-state index >= 15 is 0 Å². The fourth-order valence-electron chi connectivity index (χ4n) is 3.76. The van der Waals surface area contributed by atoms with E-state index in [4.69, 9.17) is 17.0 Å². The zero-order chi connectivity index (χ0) is 23.4. The van der Waals surface area contributed by atoms with Crippen molar-refractivity contribution in [2.45, 2.75) is 24.4 Å². The van der Waals surface area contributed by atoms with Crippen molar-refractivity contribution in [3.8, 4) is 0 Å². The largest absolute Gasteiger partial charge is 0.309 e. The highest BCUT2D eigenvalue weighted by Gasteiger charge is 2.17. The van der Waals surface area contributed by atoms with Gasteiger partial charge in [0, 0.05) is 28.0 Å². The van der Waals surface area contributed by atoms with Gasteiger partial charge in [-0.05, 0) is 61.8 Å². The van der Waals surface area contributed by atoms with Crippen molar-refractivity contribution in [1.82, 2.24) is 13.4 Å². The standard InChI is InChI=1S/C25H24BrClN4OS/c1-29(33-20-7-3-2-4-8-20)15-6-16-30-24-21(27)9-5-10-22(24)31(25(30)28)17-23(32)18-11-13-19(26)14-12-18/h2-5,7-14,28H,6,15-17H2,1H3. The van der Waals surface area contributed by atoms with Gasteiger partial charge in [-0.1, -0.05) is 63.9 Å². The number of fused-ring (bicyclic) bond motifs is 1. The van der Waals surface area contributed by atoms with Gasteiger partial charge in [-0.3, -0.25) is 10.2 Å². The summed E-state index contributed by atoms with van der Waals surface area (Å²) in [6.07, 6.45) is 0.845. The summed E-state index contributed by atoms with van der Waals surface area (Å²) in [6, 6.07) is 23.2. The summed E-state index contributed by atoms with van der Waals surface area (Å²) in [5.41, 5.74) is 2.49. The van der Waals surface area contributed by atoms with Gasteiger partial charge < -0.3 is 9.13 Å². The highest BCUT2D eigenvalue weighted by Crippen LogP contribution is 2.24. The Balaban J connectivity index is 1.53. The Bertz CT molecular complexity index is 1320. The van der Waals surface area contributed by atoms with Gasteiger partial charge in [0.05, 0.1) is 22.6 Å². The van der Waals surface area contributed by atoms with Crippen LogP contribution in [0.5, 0.6) is 0 Å². The van der Waals surface area contributed by atoms with Crippen LogP contribution in [0.25, 0.3) is 11.0 Å². The van der Waals surface area contributed by atoms with Crippen molar-refractivity contribution >= 4 is 56.3 Å². The molecule has 4 aromatic rings. The maximum atomic E-state index is 12.9. The monoisotopic (exact) mass is 542 g/mol. The lowest BCUT2D eigenvalue weighted by Gasteiger charge is -2.15. The average molecular weight is 544 g/mol. The van der Waals surface area contributed by atoms with Gasteiger partial charge in [0.2, 0.25) is 5.62 Å². The third-order valence-electron chi connectivity index (χ3n) is 5.36. The molecule has 0 atom stereocenters. The van der Waals surface area contributed by atoms with Gasteiger partial charge in [-0.2, -0.15) is 0 Å². The van der Waals surface area contributed by atoms with E-state index in [9.17, 15) is 4.79 Å². The highest BCUT2D eigenvalue weighted by molar-refractivity contribution is 9.10. The Morgan fingerprint density at radius 3 is 2.48 bits per heavy atom. The van der Waals surface area contributed by atoms with E-state index in [2.05, 4.69) is 39.4 Å². The molecule has 0 spiro atoms. The molecule has 0 saturated carbocycles. The zero-order valence-electron chi connectivity index (χ0n) is 18.2. The summed E-state index contributed by atoms with van der Waals surface area (Å²) < 4.78 is 6.77. The lowest BCUT2D eigenvalue weighted by Crippen LogP contribution is -2.28. The normalized spacial score (nSPS) is 11.4. The highest BCUT2D eigenvalue weighted by atomic mass is 79.9. The van der Waals surface area contributed by atoms with Crippen LogP contribution in [0.15, 0.2) is 82.2 Å². The van der Waals surface area contributed by atoms with Gasteiger partial charge in [-0.25, -0.2) is 4.31 Å². The Hall–Kier alpha value is -2.32. The molecule has 5 nitrogen and oxygen atoms in total. The number of nitrogens with one attached hydrogen (secondary N) is 1. The van der Waals surface area contributed by atoms with Crippen molar-refractivity contribution in [3.05, 3.63) is 93.5 Å². The summed E-state index contributed by atoms with van der Waals surface area (Å²) in [6.45, 7) is 1.58. The van der Waals surface area contributed by atoms with E-state index in [0.29, 0.717) is 17.1 Å². The first-order chi connectivity index (χ1) is 15.9. The predicted octanol–water partition coefficient (Wildman–Crippen LogP) is 6.25. The minimum absolute atomic E-state index is 0.0426. The minimum Gasteiger partial charge on any atom is -0.309 e. The van der Waals surface area contributed by atoms with Gasteiger partial charge >= 0.3 is 0 Å². The van der Waals surface area contributed by atoms with E-state index in [1.165, 1.54) is 4.90 Å². The molecular weight excluding hydrogens is 520 g/mol. The molecule has 3 aromatic carbocycles. The quantitative estimate of drug-likeness (QED) is 0.200. The molecule has 0 aliphatic rings. The molecule has 0 fully saturated rings. The van der Waals surface area contributed by atoms with Crippen LogP contribution in [0.4, 0.5) is 0 Å². The summed E-state index contributed by atoms with van der Waals surface area (Å²) in [7, 11) is 2.07. The second-order valence-electron chi connectivity index (χ2n) is 7.71. The number of halogens is 2. The number of nitrogens with zero attached hydrogens (tertiary/aromatic N) is 3. The molecule has 8 heteroatoms. The van der Waals surface area contributed by atoms with Crippen LogP contribution in [-0.4, -0.2) is 32.8 Å². The number of benzene rings is 3. The molecule has 1 N–H and O–H groups in total. The van der Waals surface area contributed by atoms with Crippen molar-refractivity contribution in [2.24, 2.45) is 0 Å². The molecule has 1 heterocycles. The number of carbonyl (C=O) groups excluding carboxylic acids is 1. The molecule has 0 unspecified atom stereocenters. The molecule has 170 valence electrons. The van der Waals surface area contributed by atoms with E-state index in [1.54, 1.807) is 28.6 Å². The summed E-state index contributed by atoms with van der Waals surface area (Å²) in [5.74, 6) is -0.0426. The Morgan fingerprint density at radius 1 is 1.03 bits per heavy atom. The lowest BCUT2D eigenvalue weighted by atomic mass is 10.1. The van der Waals surface area contributed by atoms with Crippen LogP contribution >= 0.6 is 39.5 Å². The van der Waals surface area contributed by atoms with Crippen LogP contribution in [0.2, 0.25) is 5.02 Å². The Kier molecular flexibility index (Phi) is 7.75. The molecule has 33 heavy (non-hydrogen) atoms. The number of aryl methyl sites for hydroxylation is 1. The maximum Gasteiger partial charge on any atom is 0.203 e. The number of ketones is 1. The molecular formula is C25H24BrClN4OS. The van der Waals surface area contributed by atoms with E-state index in [0.717, 1.165) is 28.5 Å². The van der Waals surface area contributed by atoms with Crippen LogP contribution in [-0.2, 0) is 13.1 Å². The third-order valence-corrected chi connectivity index (χ3v) is 7.18. The van der Waals surface area contributed by atoms with Crippen molar-refractivity contribution < 1.29 is 4.79 Å². The smallest absolute Gasteiger partial charge is 0.203 e. The van der Waals surface area contributed by atoms with Crippen LogP contribution < -0.4 is 5.62 Å². The average Bonchev–Trinajstić information content (AvgIpc) is 3.07. The number of imidazole rings is 1. The van der Waals surface area contributed by atoms with Crippen LogP contribution in [0, 0.1) is 5.41 Å². The van der Waals surface area contributed by atoms with Gasteiger partial charge in [0.25, 0.3) is 0 Å². The summed E-state index contributed by atoms with van der Waals surface area (Å²) in [5, 5.41) is 9.40. The number of carbonyl (C=O) groups is 1. The minimum atomic E-state index is -0.0426. The van der Waals surface area contributed by atoms with Crippen LogP contribution in [0.1, 0.15) is 16.8 Å². The van der Waals surface area contributed by atoms with Gasteiger partial charge in [0.1, 0.15) is 0 Å². The first kappa shape index (κ1) is 23.8.